The summed E-state index contributed by atoms with van der Waals surface area (Å²) in [5.74, 6) is 1.78. The molecule has 6 nitrogen and oxygen atoms in total. The average molecular weight is 852 g/mol. The summed E-state index contributed by atoms with van der Waals surface area (Å²) in [6, 6.07) is 49.5. The third kappa shape index (κ3) is 6.47. The van der Waals surface area contributed by atoms with Crippen LogP contribution in [0.5, 0.6) is 0 Å². The first-order valence-electron chi connectivity index (χ1n) is 16.7. The Morgan fingerprint density at radius 3 is 2.13 bits per heavy atom. The SMILES string of the molecule is Cc1cc(C)cc(-c2ccc(-c3cnc(-c4[c-]cccc4)n3C)cc2)c1.Cn1c(-c2[c-]cc3c(c2)oc2cc(C#N)ccc23)nc2ccccc21.[Ir]. The molecular formula is C45H33IrN5O-2. The molecule has 0 unspecified atom stereocenters. The Balaban J connectivity index is 0.000000159. The molecule has 9 aromatic rings. The molecule has 1 radical (unpaired) electrons. The molecule has 0 aliphatic rings. The summed E-state index contributed by atoms with van der Waals surface area (Å²) in [5.41, 5.74) is 13.3. The van der Waals surface area contributed by atoms with Crippen LogP contribution in [0.4, 0.5) is 0 Å². The maximum Gasteiger partial charge on any atom is 0.125 e. The van der Waals surface area contributed by atoms with Crippen molar-refractivity contribution in [3.8, 4) is 51.2 Å². The zero-order valence-electron chi connectivity index (χ0n) is 29.1. The van der Waals surface area contributed by atoms with E-state index in [1.54, 1.807) is 12.1 Å². The number of nitriles is 1. The van der Waals surface area contributed by atoms with Crippen molar-refractivity contribution in [2.24, 2.45) is 14.1 Å². The third-order valence-electron chi connectivity index (χ3n) is 9.24. The smallest absolute Gasteiger partial charge is 0.125 e. The molecule has 3 heterocycles. The van der Waals surface area contributed by atoms with Gasteiger partial charge in [0.1, 0.15) is 5.58 Å². The van der Waals surface area contributed by atoms with Crippen molar-refractivity contribution in [2.75, 3.05) is 0 Å². The van der Waals surface area contributed by atoms with E-state index in [0.29, 0.717) is 11.1 Å². The molecule has 9 rings (SSSR count). The Morgan fingerprint density at radius 2 is 1.40 bits per heavy atom. The van der Waals surface area contributed by atoms with E-state index in [1.807, 2.05) is 73.9 Å². The number of aromatic nitrogens is 4. The molecular weight excluding hydrogens is 819 g/mol. The number of imidazole rings is 2. The van der Waals surface area contributed by atoms with Gasteiger partial charge in [0.2, 0.25) is 0 Å². The van der Waals surface area contributed by atoms with Crippen LogP contribution in [0.3, 0.4) is 0 Å². The summed E-state index contributed by atoms with van der Waals surface area (Å²) >= 11 is 0. The Bertz CT molecular complexity index is 2730. The number of benzene rings is 6. The summed E-state index contributed by atoms with van der Waals surface area (Å²) in [5, 5.41) is 11.0. The minimum Gasteiger partial charge on any atom is -0.476 e. The number of hydrogen-bond donors (Lipinski definition) is 0. The molecule has 7 heteroatoms. The monoisotopic (exact) mass is 852 g/mol. The van der Waals surface area contributed by atoms with Crippen LogP contribution in [-0.2, 0) is 34.2 Å². The zero-order chi connectivity index (χ0) is 35.1. The third-order valence-corrected chi connectivity index (χ3v) is 9.24. The Morgan fingerprint density at radius 1 is 0.673 bits per heavy atom. The van der Waals surface area contributed by atoms with E-state index in [1.165, 1.54) is 22.3 Å². The fourth-order valence-corrected chi connectivity index (χ4v) is 6.73. The topological polar surface area (TPSA) is 72.6 Å². The molecule has 0 saturated heterocycles. The number of nitrogens with zero attached hydrogens (tertiary/aromatic N) is 5. The molecule has 52 heavy (non-hydrogen) atoms. The number of para-hydroxylation sites is 2. The van der Waals surface area contributed by atoms with Gasteiger partial charge in [-0.15, -0.1) is 53.6 Å². The largest absolute Gasteiger partial charge is 0.476 e. The van der Waals surface area contributed by atoms with E-state index in [-0.39, 0.29) is 20.1 Å². The van der Waals surface area contributed by atoms with Crippen molar-refractivity contribution in [1.29, 1.82) is 5.26 Å². The maximum atomic E-state index is 9.06. The predicted octanol–water partition coefficient (Wildman–Crippen LogP) is 10.6. The second-order valence-electron chi connectivity index (χ2n) is 12.8. The van der Waals surface area contributed by atoms with Crippen molar-refractivity contribution >= 4 is 33.0 Å². The average Bonchev–Trinajstić information content (AvgIpc) is 3.83. The van der Waals surface area contributed by atoms with E-state index in [9.17, 15) is 0 Å². The van der Waals surface area contributed by atoms with E-state index in [2.05, 4.69) is 102 Å². The fraction of sp³-hybridized carbons (Fsp3) is 0.0889. The molecule has 0 N–H and O–H groups in total. The van der Waals surface area contributed by atoms with Crippen LogP contribution in [0.1, 0.15) is 16.7 Å². The molecule has 0 aliphatic heterocycles. The van der Waals surface area contributed by atoms with Crippen LogP contribution in [0.2, 0.25) is 0 Å². The molecule has 0 fully saturated rings. The van der Waals surface area contributed by atoms with Gasteiger partial charge in [-0.1, -0.05) is 83.2 Å². The van der Waals surface area contributed by atoms with Gasteiger partial charge in [0, 0.05) is 40.4 Å². The maximum absolute atomic E-state index is 9.06. The van der Waals surface area contributed by atoms with E-state index < -0.39 is 0 Å². The predicted molar refractivity (Wildman–Crippen MR) is 205 cm³/mol. The quantitative estimate of drug-likeness (QED) is 0.165. The van der Waals surface area contributed by atoms with Gasteiger partial charge in [-0.3, -0.25) is 9.97 Å². The summed E-state index contributed by atoms with van der Waals surface area (Å²) in [6.07, 6.45) is 1.93. The Labute approximate surface area is 316 Å². The molecule has 0 amide bonds. The number of aryl methyl sites for hydroxylation is 3. The minimum atomic E-state index is 0. The van der Waals surface area contributed by atoms with Gasteiger partial charge in [0.25, 0.3) is 0 Å². The molecule has 255 valence electrons. The molecule has 0 bridgehead atoms. The van der Waals surface area contributed by atoms with Crippen LogP contribution in [0, 0.1) is 37.3 Å². The van der Waals surface area contributed by atoms with Gasteiger partial charge in [0.05, 0.1) is 45.6 Å². The van der Waals surface area contributed by atoms with Gasteiger partial charge < -0.3 is 13.6 Å². The van der Waals surface area contributed by atoms with Crippen LogP contribution in [-0.4, -0.2) is 19.1 Å². The van der Waals surface area contributed by atoms with Gasteiger partial charge in [-0.05, 0) is 60.2 Å². The van der Waals surface area contributed by atoms with Gasteiger partial charge in [-0.25, -0.2) is 0 Å². The number of hydrogen-bond acceptors (Lipinski definition) is 4. The summed E-state index contributed by atoms with van der Waals surface area (Å²) in [7, 11) is 4.05. The first kappa shape index (κ1) is 34.4. The second kappa shape index (κ2) is 14.3. The molecule has 3 aromatic heterocycles. The molecule has 6 aromatic carbocycles. The first-order chi connectivity index (χ1) is 24.9. The van der Waals surface area contributed by atoms with Gasteiger partial charge in [-0.2, -0.15) is 5.26 Å². The van der Waals surface area contributed by atoms with Crippen molar-refractivity contribution in [1.82, 2.24) is 19.1 Å². The van der Waals surface area contributed by atoms with Crippen LogP contribution < -0.4 is 0 Å². The van der Waals surface area contributed by atoms with Crippen molar-refractivity contribution in [2.45, 2.75) is 13.8 Å². The first-order valence-corrected chi connectivity index (χ1v) is 16.7. The number of furan rings is 1. The Hall–Kier alpha value is -6.06. The fourth-order valence-electron chi connectivity index (χ4n) is 6.73. The number of fused-ring (bicyclic) bond motifs is 4. The van der Waals surface area contributed by atoms with Crippen molar-refractivity contribution in [3.05, 3.63) is 156 Å². The van der Waals surface area contributed by atoms with Crippen LogP contribution in [0.15, 0.2) is 132 Å². The molecule has 0 aliphatic carbocycles. The minimum absolute atomic E-state index is 0. The number of rotatable bonds is 4. The van der Waals surface area contributed by atoms with Gasteiger partial charge >= 0.3 is 0 Å². The van der Waals surface area contributed by atoms with Crippen LogP contribution in [0.25, 0.3) is 78.1 Å². The standard InChI is InChI=1S/C24H21N2.C21H12N3O.Ir/c1-17-13-18(2)15-22(14-17)19-9-11-20(12-10-19)23-16-25-24(26(23)3)21-7-5-4-6-8-21;1-24-18-5-3-2-4-17(18)23-21(24)14-7-9-16-15-8-6-13(12-22)10-19(15)25-20(16)11-14;/h4-7,9-16H,1-3H3;2-6,8-11H,1H3;/q2*-1;. The zero-order valence-corrected chi connectivity index (χ0v) is 31.5. The van der Waals surface area contributed by atoms with E-state index in [0.717, 1.165) is 61.4 Å². The van der Waals surface area contributed by atoms with Crippen molar-refractivity contribution < 1.29 is 24.5 Å². The second-order valence-corrected chi connectivity index (χ2v) is 12.8. The van der Waals surface area contributed by atoms with E-state index in [4.69, 9.17) is 14.7 Å². The van der Waals surface area contributed by atoms with E-state index >= 15 is 0 Å². The molecule has 0 spiro atoms. The molecule has 0 atom stereocenters. The molecule has 0 saturated carbocycles. The van der Waals surface area contributed by atoms with Crippen molar-refractivity contribution in [3.63, 3.8) is 0 Å². The van der Waals surface area contributed by atoms with Gasteiger partial charge in [0.15, 0.2) is 0 Å². The Kier molecular flexibility index (Phi) is 9.45. The summed E-state index contributed by atoms with van der Waals surface area (Å²) < 4.78 is 10.1. The summed E-state index contributed by atoms with van der Waals surface area (Å²) in [4.78, 5) is 9.32. The summed E-state index contributed by atoms with van der Waals surface area (Å²) in [6.45, 7) is 4.28. The van der Waals surface area contributed by atoms with Crippen LogP contribution >= 0.6 is 0 Å². The normalized spacial score (nSPS) is 10.9.